The van der Waals surface area contributed by atoms with Gasteiger partial charge in [-0.15, -0.1) is 0 Å². The number of hydrogen-bond donors (Lipinski definition) is 0. The molecule has 1 saturated heterocycles. The maximum absolute atomic E-state index is 13.2. The zero-order valence-corrected chi connectivity index (χ0v) is 11.9. The number of carbonyl (C=O) groups excluding carboxylic acids is 2. The molecule has 1 atom stereocenters. The predicted molar refractivity (Wildman–Crippen MR) is 70.9 cm³/mol. The normalized spacial score (nSPS) is 19.4. The van der Waals surface area contributed by atoms with Crippen LogP contribution in [-0.2, 0) is 9.59 Å². The van der Waals surface area contributed by atoms with Gasteiger partial charge in [0.05, 0.1) is 11.9 Å². The topological polar surface area (TPSA) is 50.3 Å². The molecule has 18 heavy (non-hydrogen) atoms. The van der Waals surface area contributed by atoms with Crippen LogP contribution in [-0.4, -0.2) is 27.8 Å². The molecule has 1 amide bonds. The molecule has 0 aliphatic carbocycles. The first-order valence-corrected chi connectivity index (χ1v) is 6.93. The number of rotatable bonds is 2. The summed E-state index contributed by atoms with van der Waals surface area (Å²) in [6.07, 6.45) is 1.36. The van der Waals surface area contributed by atoms with Crippen LogP contribution >= 0.6 is 27.7 Å². The molecule has 4 nitrogen and oxygen atoms in total. The summed E-state index contributed by atoms with van der Waals surface area (Å²) >= 11 is 4.34. The summed E-state index contributed by atoms with van der Waals surface area (Å²) in [6, 6.07) is 1.26. The molecule has 0 aromatic carbocycles. The SMILES string of the molecule is CC(=O)SC1CC(=O)N(c2cc(F)cnc2Br)C1. The highest BCUT2D eigenvalue weighted by Crippen LogP contribution is 2.32. The highest BCUT2D eigenvalue weighted by atomic mass is 79.9. The van der Waals surface area contributed by atoms with Gasteiger partial charge in [0.15, 0.2) is 5.12 Å². The second-order valence-electron chi connectivity index (χ2n) is 3.90. The number of carbonyl (C=O) groups is 2. The van der Waals surface area contributed by atoms with Crippen molar-refractivity contribution in [1.82, 2.24) is 4.98 Å². The van der Waals surface area contributed by atoms with Gasteiger partial charge in [0, 0.05) is 31.2 Å². The molecule has 1 unspecified atom stereocenters. The molecular weight excluding hydrogens is 323 g/mol. The Morgan fingerprint density at radius 2 is 2.39 bits per heavy atom. The lowest BCUT2D eigenvalue weighted by Crippen LogP contribution is -2.25. The van der Waals surface area contributed by atoms with E-state index in [1.165, 1.54) is 17.9 Å². The average molecular weight is 333 g/mol. The van der Waals surface area contributed by atoms with E-state index >= 15 is 0 Å². The summed E-state index contributed by atoms with van der Waals surface area (Å²) in [4.78, 5) is 28.2. The molecule has 1 aromatic rings. The Labute approximate surface area is 116 Å². The fraction of sp³-hybridized carbons (Fsp3) is 0.364. The summed E-state index contributed by atoms with van der Waals surface area (Å²) in [6.45, 7) is 1.87. The van der Waals surface area contributed by atoms with Crippen molar-refractivity contribution in [1.29, 1.82) is 0 Å². The van der Waals surface area contributed by atoms with E-state index in [4.69, 9.17) is 0 Å². The molecule has 0 N–H and O–H groups in total. The predicted octanol–water partition coefficient (Wildman–Crippen LogP) is 2.37. The summed E-state index contributed by atoms with van der Waals surface area (Å²) in [5.41, 5.74) is 0.409. The van der Waals surface area contributed by atoms with Crippen LogP contribution in [0, 0.1) is 5.82 Å². The number of nitrogens with zero attached hydrogens (tertiary/aromatic N) is 2. The number of hydrogen-bond acceptors (Lipinski definition) is 4. The summed E-state index contributed by atoms with van der Waals surface area (Å²) in [7, 11) is 0. The van der Waals surface area contributed by atoms with E-state index < -0.39 is 5.82 Å². The van der Waals surface area contributed by atoms with Crippen molar-refractivity contribution in [2.45, 2.75) is 18.6 Å². The van der Waals surface area contributed by atoms with Gasteiger partial charge in [0.25, 0.3) is 0 Å². The third-order valence-electron chi connectivity index (χ3n) is 2.50. The van der Waals surface area contributed by atoms with Gasteiger partial charge >= 0.3 is 0 Å². The van der Waals surface area contributed by atoms with Gasteiger partial charge in [-0.1, -0.05) is 11.8 Å². The van der Waals surface area contributed by atoms with Crippen LogP contribution in [0.1, 0.15) is 13.3 Å². The Hall–Kier alpha value is -0.950. The molecule has 0 saturated carbocycles. The number of halogens is 2. The molecule has 96 valence electrons. The average Bonchev–Trinajstić information content (AvgIpc) is 2.62. The first-order valence-electron chi connectivity index (χ1n) is 5.26. The molecule has 1 fully saturated rings. The number of thioether (sulfide) groups is 1. The standard InChI is InChI=1S/C11H10BrFN2O2S/c1-6(16)18-8-3-10(17)15(5-8)9-2-7(13)4-14-11(9)12/h2,4,8H,3,5H2,1H3. The molecule has 2 rings (SSSR count). The van der Waals surface area contributed by atoms with E-state index in [0.29, 0.717) is 16.8 Å². The Morgan fingerprint density at radius 3 is 3.06 bits per heavy atom. The van der Waals surface area contributed by atoms with E-state index in [1.807, 2.05) is 0 Å². The van der Waals surface area contributed by atoms with Crippen molar-refractivity contribution in [3.8, 4) is 0 Å². The molecule has 1 aliphatic rings. The number of pyridine rings is 1. The molecule has 2 heterocycles. The van der Waals surface area contributed by atoms with Gasteiger partial charge in [-0.05, 0) is 15.9 Å². The van der Waals surface area contributed by atoms with Crippen LogP contribution < -0.4 is 4.90 Å². The monoisotopic (exact) mass is 332 g/mol. The zero-order chi connectivity index (χ0) is 13.3. The third-order valence-corrected chi connectivity index (χ3v) is 4.09. The fourth-order valence-electron chi connectivity index (χ4n) is 1.82. The third kappa shape index (κ3) is 2.89. The smallest absolute Gasteiger partial charge is 0.228 e. The Kier molecular flexibility index (Phi) is 4.01. The van der Waals surface area contributed by atoms with Gasteiger partial charge in [0.1, 0.15) is 10.4 Å². The van der Waals surface area contributed by atoms with Crippen LogP contribution in [0.4, 0.5) is 10.1 Å². The van der Waals surface area contributed by atoms with Crippen molar-refractivity contribution in [3.05, 3.63) is 22.7 Å². The van der Waals surface area contributed by atoms with Crippen molar-refractivity contribution >= 4 is 44.4 Å². The fourth-order valence-corrected chi connectivity index (χ4v) is 3.17. The van der Waals surface area contributed by atoms with Gasteiger partial charge in [-0.3, -0.25) is 9.59 Å². The quantitative estimate of drug-likeness (QED) is 0.780. The molecule has 7 heteroatoms. The minimum Gasteiger partial charge on any atom is -0.309 e. The lowest BCUT2D eigenvalue weighted by Gasteiger charge is -2.17. The summed E-state index contributed by atoms with van der Waals surface area (Å²) in [5.74, 6) is -0.620. The van der Waals surface area contributed by atoms with E-state index in [-0.39, 0.29) is 22.7 Å². The summed E-state index contributed by atoms with van der Waals surface area (Å²) in [5, 5.41) is -0.101. The molecule has 0 bridgehead atoms. The van der Waals surface area contributed by atoms with Gasteiger partial charge in [-0.25, -0.2) is 9.37 Å². The second-order valence-corrected chi connectivity index (χ2v) is 6.13. The molecular formula is C11H10BrFN2O2S. The molecule has 0 spiro atoms. The Morgan fingerprint density at radius 1 is 1.67 bits per heavy atom. The van der Waals surface area contributed by atoms with E-state index in [1.54, 1.807) is 0 Å². The highest BCUT2D eigenvalue weighted by molar-refractivity contribution is 9.10. The number of anilines is 1. The van der Waals surface area contributed by atoms with E-state index in [9.17, 15) is 14.0 Å². The highest BCUT2D eigenvalue weighted by Gasteiger charge is 2.33. The van der Waals surface area contributed by atoms with Crippen molar-refractivity contribution in [2.75, 3.05) is 11.4 Å². The first-order chi connectivity index (χ1) is 8.47. The number of aromatic nitrogens is 1. The Balaban J connectivity index is 2.21. The van der Waals surface area contributed by atoms with E-state index in [0.717, 1.165) is 18.0 Å². The number of amides is 1. The zero-order valence-electron chi connectivity index (χ0n) is 9.52. The molecule has 1 aromatic heterocycles. The van der Waals surface area contributed by atoms with Crippen LogP contribution in [0.25, 0.3) is 0 Å². The van der Waals surface area contributed by atoms with Crippen LogP contribution in [0.2, 0.25) is 0 Å². The lowest BCUT2D eigenvalue weighted by molar-refractivity contribution is -0.117. The first kappa shape index (κ1) is 13.5. The lowest BCUT2D eigenvalue weighted by atomic mass is 10.3. The van der Waals surface area contributed by atoms with Gasteiger partial charge in [0.2, 0.25) is 5.91 Å². The van der Waals surface area contributed by atoms with Crippen LogP contribution in [0.3, 0.4) is 0 Å². The van der Waals surface area contributed by atoms with Gasteiger partial charge < -0.3 is 4.90 Å². The Bertz CT molecular complexity index is 512. The molecule has 1 aliphatic heterocycles. The van der Waals surface area contributed by atoms with Crippen molar-refractivity contribution < 1.29 is 14.0 Å². The minimum atomic E-state index is -0.497. The second kappa shape index (κ2) is 5.36. The van der Waals surface area contributed by atoms with Gasteiger partial charge in [-0.2, -0.15) is 0 Å². The van der Waals surface area contributed by atoms with Crippen molar-refractivity contribution in [2.24, 2.45) is 0 Å². The maximum Gasteiger partial charge on any atom is 0.228 e. The summed E-state index contributed by atoms with van der Waals surface area (Å²) < 4.78 is 13.6. The van der Waals surface area contributed by atoms with Crippen molar-refractivity contribution in [3.63, 3.8) is 0 Å². The van der Waals surface area contributed by atoms with E-state index in [2.05, 4.69) is 20.9 Å². The van der Waals surface area contributed by atoms with Crippen LogP contribution in [0.15, 0.2) is 16.9 Å². The maximum atomic E-state index is 13.2. The minimum absolute atomic E-state index is 0.0221. The van der Waals surface area contributed by atoms with Crippen LogP contribution in [0.5, 0.6) is 0 Å². The molecule has 0 radical (unpaired) electrons. The largest absolute Gasteiger partial charge is 0.309 e.